The molecule has 0 aromatic heterocycles. The lowest BCUT2D eigenvalue weighted by Crippen LogP contribution is -1.96. The number of benzene rings is 3. The van der Waals surface area contributed by atoms with E-state index in [-0.39, 0.29) is 11.4 Å². The second-order valence-electron chi connectivity index (χ2n) is 5.06. The van der Waals surface area contributed by atoms with Crippen molar-refractivity contribution < 1.29 is 14.3 Å². The van der Waals surface area contributed by atoms with E-state index in [0.29, 0.717) is 21.7 Å². The van der Waals surface area contributed by atoms with Gasteiger partial charge in [0.15, 0.2) is 0 Å². The van der Waals surface area contributed by atoms with Crippen molar-refractivity contribution in [3.8, 4) is 22.3 Å². The summed E-state index contributed by atoms with van der Waals surface area (Å²) in [6.07, 6.45) is 0. The smallest absolute Gasteiger partial charge is 0.335 e. The van der Waals surface area contributed by atoms with E-state index in [1.54, 1.807) is 12.1 Å². The summed E-state index contributed by atoms with van der Waals surface area (Å²) in [4.78, 5) is 11.1. The minimum absolute atomic E-state index is 0.108. The van der Waals surface area contributed by atoms with Gasteiger partial charge in [-0.05, 0) is 35.4 Å². The van der Waals surface area contributed by atoms with Crippen LogP contribution in [-0.2, 0) is 0 Å². The van der Waals surface area contributed by atoms with Gasteiger partial charge in [0, 0.05) is 16.1 Å². The third-order valence-electron chi connectivity index (χ3n) is 3.58. The lowest BCUT2D eigenvalue weighted by Gasteiger charge is -2.09. The van der Waals surface area contributed by atoms with Gasteiger partial charge in [0.25, 0.3) is 0 Å². The van der Waals surface area contributed by atoms with Crippen molar-refractivity contribution in [2.45, 2.75) is 0 Å². The van der Waals surface area contributed by atoms with Gasteiger partial charge in [0.2, 0.25) is 0 Å². The highest BCUT2D eigenvalue weighted by Crippen LogP contribution is 2.32. The molecule has 0 saturated carbocycles. The average Bonchev–Trinajstić information content (AvgIpc) is 2.55. The SMILES string of the molecule is O=C(O)c1ccc(Cl)c(-c2ccc(-c3ccccc3)c(F)c2)c1. The average molecular weight is 327 g/mol. The Bertz CT molecular complexity index is 876. The quantitative estimate of drug-likeness (QED) is 0.689. The van der Waals surface area contributed by atoms with Gasteiger partial charge >= 0.3 is 5.97 Å². The number of hydrogen-bond donors (Lipinski definition) is 1. The van der Waals surface area contributed by atoms with Gasteiger partial charge in [-0.2, -0.15) is 0 Å². The maximum absolute atomic E-state index is 14.5. The molecule has 0 saturated heterocycles. The predicted octanol–water partition coefficient (Wildman–Crippen LogP) is 5.51. The van der Waals surface area contributed by atoms with Crippen LogP contribution in [0.25, 0.3) is 22.3 Å². The van der Waals surface area contributed by atoms with Crippen LogP contribution in [0, 0.1) is 5.82 Å². The molecule has 0 aliphatic carbocycles. The highest BCUT2D eigenvalue weighted by Gasteiger charge is 2.12. The van der Waals surface area contributed by atoms with E-state index in [0.717, 1.165) is 5.56 Å². The molecule has 0 amide bonds. The van der Waals surface area contributed by atoms with Crippen LogP contribution in [0.4, 0.5) is 4.39 Å². The Morgan fingerprint density at radius 1 is 0.870 bits per heavy atom. The molecule has 0 radical (unpaired) electrons. The third-order valence-corrected chi connectivity index (χ3v) is 3.91. The van der Waals surface area contributed by atoms with Crippen LogP contribution in [0.2, 0.25) is 5.02 Å². The van der Waals surface area contributed by atoms with Crippen LogP contribution >= 0.6 is 11.6 Å². The number of halogens is 2. The molecule has 0 aliphatic rings. The lowest BCUT2D eigenvalue weighted by molar-refractivity contribution is 0.0697. The molecule has 0 fully saturated rings. The van der Waals surface area contributed by atoms with Gasteiger partial charge in [-0.1, -0.05) is 54.1 Å². The highest BCUT2D eigenvalue weighted by atomic mass is 35.5. The van der Waals surface area contributed by atoms with E-state index in [9.17, 15) is 9.18 Å². The van der Waals surface area contributed by atoms with Gasteiger partial charge in [0.1, 0.15) is 5.82 Å². The Morgan fingerprint density at radius 3 is 2.26 bits per heavy atom. The number of carboxylic acid groups (broad SMARTS) is 1. The number of hydrogen-bond acceptors (Lipinski definition) is 1. The molecule has 0 atom stereocenters. The van der Waals surface area contributed by atoms with Crippen molar-refractivity contribution in [2.24, 2.45) is 0 Å². The molecule has 0 bridgehead atoms. The minimum atomic E-state index is -1.05. The summed E-state index contributed by atoms with van der Waals surface area (Å²) in [6.45, 7) is 0. The monoisotopic (exact) mass is 326 g/mol. The summed E-state index contributed by atoms with van der Waals surface area (Å²) >= 11 is 6.13. The number of carbonyl (C=O) groups is 1. The van der Waals surface area contributed by atoms with E-state index in [1.807, 2.05) is 30.3 Å². The Kier molecular flexibility index (Phi) is 4.13. The fourth-order valence-corrected chi connectivity index (χ4v) is 2.64. The second-order valence-corrected chi connectivity index (χ2v) is 5.47. The molecular weight excluding hydrogens is 315 g/mol. The van der Waals surface area contributed by atoms with Crippen molar-refractivity contribution in [3.05, 3.63) is 83.1 Å². The van der Waals surface area contributed by atoms with Crippen LogP contribution in [0.1, 0.15) is 10.4 Å². The first-order chi connectivity index (χ1) is 11.1. The Hall–Kier alpha value is -2.65. The zero-order chi connectivity index (χ0) is 16.4. The second kappa shape index (κ2) is 6.23. The zero-order valence-corrected chi connectivity index (χ0v) is 12.7. The Labute approximate surface area is 137 Å². The van der Waals surface area contributed by atoms with Crippen LogP contribution < -0.4 is 0 Å². The van der Waals surface area contributed by atoms with Gasteiger partial charge < -0.3 is 5.11 Å². The Morgan fingerprint density at radius 2 is 1.61 bits per heavy atom. The van der Waals surface area contributed by atoms with Crippen molar-refractivity contribution in [1.82, 2.24) is 0 Å². The van der Waals surface area contributed by atoms with Crippen molar-refractivity contribution in [3.63, 3.8) is 0 Å². The predicted molar refractivity (Wildman–Crippen MR) is 89.2 cm³/mol. The van der Waals surface area contributed by atoms with Crippen LogP contribution in [0.3, 0.4) is 0 Å². The van der Waals surface area contributed by atoms with Crippen LogP contribution in [0.5, 0.6) is 0 Å². The molecule has 1 N–H and O–H groups in total. The van der Waals surface area contributed by atoms with E-state index in [2.05, 4.69) is 0 Å². The molecule has 3 aromatic carbocycles. The standard InChI is InChI=1S/C19H12ClFO2/c20-17-9-7-14(19(22)23)10-16(17)13-6-8-15(18(21)11-13)12-4-2-1-3-5-12/h1-11H,(H,22,23). The first-order valence-electron chi connectivity index (χ1n) is 6.94. The third kappa shape index (κ3) is 3.10. The summed E-state index contributed by atoms with van der Waals surface area (Å²) in [5.41, 5.74) is 2.40. The van der Waals surface area contributed by atoms with Crippen molar-refractivity contribution in [2.75, 3.05) is 0 Å². The first kappa shape index (κ1) is 15.3. The van der Waals surface area contributed by atoms with Gasteiger partial charge in [-0.15, -0.1) is 0 Å². The molecular formula is C19H12ClFO2. The van der Waals surface area contributed by atoms with E-state index in [1.165, 1.54) is 24.3 Å². The largest absolute Gasteiger partial charge is 0.478 e. The lowest BCUT2D eigenvalue weighted by atomic mass is 9.98. The summed E-state index contributed by atoms with van der Waals surface area (Å²) in [5, 5.41) is 9.45. The summed E-state index contributed by atoms with van der Waals surface area (Å²) < 4.78 is 14.5. The molecule has 0 spiro atoms. The van der Waals surface area contributed by atoms with Crippen LogP contribution in [-0.4, -0.2) is 11.1 Å². The van der Waals surface area contributed by atoms with E-state index < -0.39 is 5.97 Å². The number of aromatic carboxylic acids is 1. The molecule has 2 nitrogen and oxygen atoms in total. The minimum Gasteiger partial charge on any atom is -0.478 e. The first-order valence-corrected chi connectivity index (χ1v) is 7.32. The Balaban J connectivity index is 2.08. The van der Waals surface area contributed by atoms with Gasteiger partial charge in [0.05, 0.1) is 5.56 Å². The molecule has 114 valence electrons. The maximum Gasteiger partial charge on any atom is 0.335 e. The van der Waals surface area contributed by atoms with E-state index in [4.69, 9.17) is 16.7 Å². The highest BCUT2D eigenvalue weighted by molar-refractivity contribution is 6.33. The van der Waals surface area contributed by atoms with Crippen molar-refractivity contribution in [1.29, 1.82) is 0 Å². The molecule has 0 unspecified atom stereocenters. The molecule has 0 heterocycles. The molecule has 3 aromatic rings. The van der Waals surface area contributed by atoms with E-state index >= 15 is 0 Å². The number of carboxylic acids is 1. The fraction of sp³-hybridized carbons (Fsp3) is 0. The molecule has 3 rings (SSSR count). The summed E-state index contributed by atoms with van der Waals surface area (Å²) in [5.74, 6) is -1.44. The molecule has 4 heteroatoms. The van der Waals surface area contributed by atoms with Crippen molar-refractivity contribution >= 4 is 17.6 Å². The van der Waals surface area contributed by atoms with Gasteiger partial charge in [-0.3, -0.25) is 0 Å². The fourth-order valence-electron chi connectivity index (χ4n) is 2.41. The van der Waals surface area contributed by atoms with Crippen LogP contribution in [0.15, 0.2) is 66.7 Å². The zero-order valence-electron chi connectivity index (χ0n) is 12.0. The molecule has 23 heavy (non-hydrogen) atoms. The number of rotatable bonds is 3. The normalized spacial score (nSPS) is 10.5. The summed E-state index contributed by atoms with van der Waals surface area (Å²) in [6, 6.07) is 18.4. The van der Waals surface area contributed by atoms with Gasteiger partial charge in [-0.25, -0.2) is 9.18 Å². The summed E-state index contributed by atoms with van der Waals surface area (Å²) in [7, 11) is 0. The molecule has 0 aliphatic heterocycles. The topological polar surface area (TPSA) is 37.3 Å². The maximum atomic E-state index is 14.5.